The Labute approximate surface area is 63.4 Å². The molecule has 2 N–H and O–H groups in total. The fourth-order valence-corrected chi connectivity index (χ4v) is 1.29. The summed E-state index contributed by atoms with van der Waals surface area (Å²) in [6.07, 6.45) is 2.74. The minimum absolute atomic E-state index is 0.0304. The van der Waals surface area contributed by atoms with E-state index in [4.69, 9.17) is 5.73 Å². The van der Waals surface area contributed by atoms with E-state index in [-0.39, 0.29) is 5.54 Å². The lowest BCUT2D eigenvalue weighted by molar-refractivity contribution is 0.261. The first-order chi connectivity index (χ1) is 4.49. The van der Waals surface area contributed by atoms with E-state index in [1.54, 1.807) is 0 Å². The maximum Gasteiger partial charge on any atom is 0.0226 e. The van der Waals surface area contributed by atoms with Crippen molar-refractivity contribution in [2.75, 3.05) is 13.6 Å². The minimum Gasteiger partial charge on any atom is -0.324 e. The Bertz CT molecular complexity index is 111. The molecule has 0 bridgehead atoms. The Hall–Kier alpha value is -0.0800. The quantitative estimate of drug-likeness (QED) is 0.632. The van der Waals surface area contributed by atoms with E-state index in [0.717, 1.165) is 12.6 Å². The zero-order valence-corrected chi connectivity index (χ0v) is 7.22. The molecule has 1 aliphatic carbocycles. The third-order valence-electron chi connectivity index (χ3n) is 1.83. The second-order valence-electron chi connectivity index (χ2n) is 4.13. The highest BCUT2D eigenvalue weighted by Gasteiger charge is 2.28. The van der Waals surface area contributed by atoms with Gasteiger partial charge < -0.3 is 10.6 Å². The number of likely N-dealkylation sites (N-methyl/N-ethyl adjacent to an activating group) is 1. The number of hydrogen-bond acceptors (Lipinski definition) is 2. The Morgan fingerprint density at radius 3 is 2.30 bits per heavy atom. The highest BCUT2D eigenvalue weighted by molar-refractivity contribution is 4.86. The summed E-state index contributed by atoms with van der Waals surface area (Å²) in [4.78, 5) is 2.36. The van der Waals surface area contributed by atoms with Gasteiger partial charge in [-0.15, -0.1) is 0 Å². The molecule has 0 aliphatic heterocycles. The lowest BCUT2D eigenvalue weighted by atomic mass is 10.1. The van der Waals surface area contributed by atoms with Crippen LogP contribution >= 0.6 is 0 Å². The third-order valence-corrected chi connectivity index (χ3v) is 1.83. The molecule has 0 saturated heterocycles. The van der Waals surface area contributed by atoms with Crippen molar-refractivity contribution < 1.29 is 0 Å². The number of nitrogens with two attached hydrogens (primary N) is 1. The van der Waals surface area contributed by atoms with Crippen LogP contribution in [0.15, 0.2) is 0 Å². The minimum atomic E-state index is -0.0304. The molecule has 0 heterocycles. The van der Waals surface area contributed by atoms with Crippen LogP contribution in [0.2, 0.25) is 0 Å². The summed E-state index contributed by atoms with van der Waals surface area (Å²) in [5.74, 6) is 0. The van der Waals surface area contributed by atoms with Crippen LogP contribution < -0.4 is 5.73 Å². The van der Waals surface area contributed by atoms with E-state index in [1.165, 1.54) is 12.8 Å². The molecule has 1 aliphatic rings. The maximum atomic E-state index is 5.86. The van der Waals surface area contributed by atoms with Crippen molar-refractivity contribution in [2.45, 2.75) is 38.3 Å². The van der Waals surface area contributed by atoms with E-state index in [0.29, 0.717) is 0 Å². The SMILES string of the molecule is CN(CC(C)(C)N)C1CC1. The van der Waals surface area contributed by atoms with Gasteiger partial charge in [0.25, 0.3) is 0 Å². The molecule has 1 saturated carbocycles. The highest BCUT2D eigenvalue weighted by Crippen LogP contribution is 2.25. The zero-order valence-electron chi connectivity index (χ0n) is 7.22. The summed E-state index contributed by atoms with van der Waals surface area (Å²) in [7, 11) is 2.16. The summed E-state index contributed by atoms with van der Waals surface area (Å²) in [6, 6.07) is 0.836. The number of hydrogen-bond donors (Lipinski definition) is 1. The molecule has 0 atom stereocenters. The third kappa shape index (κ3) is 2.67. The standard InChI is InChI=1S/C8H18N2/c1-8(2,9)6-10(3)7-4-5-7/h7H,4-6,9H2,1-3H3. The Balaban J connectivity index is 2.23. The molecule has 2 nitrogen and oxygen atoms in total. The molecule has 0 aromatic heterocycles. The Morgan fingerprint density at radius 2 is 2.00 bits per heavy atom. The summed E-state index contributed by atoms with van der Waals surface area (Å²) < 4.78 is 0. The normalized spacial score (nSPS) is 20.1. The molecular weight excluding hydrogens is 124 g/mol. The van der Waals surface area contributed by atoms with Crippen LogP contribution in [0.4, 0.5) is 0 Å². The lowest BCUT2D eigenvalue weighted by Crippen LogP contribution is -2.44. The van der Waals surface area contributed by atoms with Crippen molar-refractivity contribution in [2.24, 2.45) is 5.73 Å². The van der Waals surface area contributed by atoms with Gasteiger partial charge in [0.2, 0.25) is 0 Å². The van der Waals surface area contributed by atoms with Crippen molar-refractivity contribution in [1.82, 2.24) is 4.90 Å². The summed E-state index contributed by atoms with van der Waals surface area (Å²) in [5.41, 5.74) is 5.83. The zero-order chi connectivity index (χ0) is 7.78. The maximum absolute atomic E-state index is 5.86. The molecule has 10 heavy (non-hydrogen) atoms. The van der Waals surface area contributed by atoms with Crippen molar-refractivity contribution in [1.29, 1.82) is 0 Å². The van der Waals surface area contributed by atoms with Gasteiger partial charge in [0.05, 0.1) is 0 Å². The van der Waals surface area contributed by atoms with Gasteiger partial charge in [0.15, 0.2) is 0 Å². The van der Waals surface area contributed by atoms with Crippen LogP contribution in [-0.4, -0.2) is 30.1 Å². The topological polar surface area (TPSA) is 29.3 Å². The largest absolute Gasteiger partial charge is 0.324 e. The fourth-order valence-electron chi connectivity index (χ4n) is 1.29. The smallest absolute Gasteiger partial charge is 0.0226 e. The van der Waals surface area contributed by atoms with Gasteiger partial charge in [0, 0.05) is 18.1 Å². The van der Waals surface area contributed by atoms with E-state index in [1.807, 2.05) is 0 Å². The van der Waals surface area contributed by atoms with E-state index in [2.05, 4.69) is 25.8 Å². The molecule has 0 amide bonds. The first kappa shape index (κ1) is 8.02. The molecule has 1 fully saturated rings. The summed E-state index contributed by atoms with van der Waals surface area (Å²) in [6.45, 7) is 5.16. The van der Waals surface area contributed by atoms with Gasteiger partial charge in [-0.25, -0.2) is 0 Å². The van der Waals surface area contributed by atoms with Crippen LogP contribution in [0.5, 0.6) is 0 Å². The molecule has 60 valence electrons. The summed E-state index contributed by atoms with van der Waals surface area (Å²) in [5, 5.41) is 0. The summed E-state index contributed by atoms with van der Waals surface area (Å²) >= 11 is 0. The van der Waals surface area contributed by atoms with Crippen LogP contribution in [0.3, 0.4) is 0 Å². The van der Waals surface area contributed by atoms with Gasteiger partial charge in [-0.05, 0) is 33.7 Å². The molecule has 2 heteroatoms. The molecule has 1 rings (SSSR count). The number of rotatable bonds is 3. The first-order valence-corrected chi connectivity index (χ1v) is 3.98. The Morgan fingerprint density at radius 1 is 1.50 bits per heavy atom. The molecule has 0 aromatic rings. The van der Waals surface area contributed by atoms with Crippen molar-refractivity contribution in [3.63, 3.8) is 0 Å². The molecule has 0 aromatic carbocycles. The predicted molar refractivity (Wildman–Crippen MR) is 43.9 cm³/mol. The van der Waals surface area contributed by atoms with Gasteiger partial charge in [0.1, 0.15) is 0 Å². The monoisotopic (exact) mass is 142 g/mol. The van der Waals surface area contributed by atoms with Crippen LogP contribution in [0.25, 0.3) is 0 Å². The first-order valence-electron chi connectivity index (χ1n) is 3.98. The second kappa shape index (κ2) is 2.51. The van der Waals surface area contributed by atoms with Crippen LogP contribution in [-0.2, 0) is 0 Å². The molecule has 0 radical (unpaired) electrons. The lowest BCUT2D eigenvalue weighted by Gasteiger charge is -2.26. The Kier molecular flexibility index (Phi) is 2.02. The molecule has 0 unspecified atom stereocenters. The number of nitrogens with zero attached hydrogens (tertiary/aromatic N) is 1. The van der Waals surface area contributed by atoms with Crippen LogP contribution in [0.1, 0.15) is 26.7 Å². The van der Waals surface area contributed by atoms with Gasteiger partial charge in [-0.3, -0.25) is 0 Å². The average Bonchev–Trinajstić information content (AvgIpc) is 2.35. The van der Waals surface area contributed by atoms with Gasteiger partial charge in [-0.2, -0.15) is 0 Å². The second-order valence-corrected chi connectivity index (χ2v) is 4.13. The van der Waals surface area contributed by atoms with E-state index < -0.39 is 0 Å². The highest BCUT2D eigenvalue weighted by atomic mass is 15.2. The van der Waals surface area contributed by atoms with Gasteiger partial charge in [-0.1, -0.05) is 0 Å². The van der Waals surface area contributed by atoms with E-state index >= 15 is 0 Å². The van der Waals surface area contributed by atoms with Crippen molar-refractivity contribution in [3.8, 4) is 0 Å². The van der Waals surface area contributed by atoms with E-state index in [9.17, 15) is 0 Å². The van der Waals surface area contributed by atoms with Crippen molar-refractivity contribution in [3.05, 3.63) is 0 Å². The van der Waals surface area contributed by atoms with Crippen LogP contribution in [0, 0.1) is 0 Å². The molecule has 0 spiro atoms. The van der Waals surface area contributed by atoms with Crippen molar-refractivity contribution >= 4 is 0 Å². The predicted octanol–water partition coefficient (Wildman–Crippen LogP) is 0.818. The fraction of sp³-hybridized carbons (Fsp3) is 1.00. The molecular formula is C8H18N2. The average molecular weight is 142 g/mol. The van der Waals surface area contributed by atoms with Gasteiger partial charge >= 0.3 is 0 Å².